The standard InChI is InChI=1S/C25H30N4O2S2/c1-3-4-5-11-29-24(31)20(33-25(29)32)15-19-14-18-8-6-7-16(2)21(18)27-23(19)28-12-9-17(10-13-28)22(26)30/h6-8,14-15,17H,3-5,9-13H2,1-2H3,(H2,26,30)/b20-15-. The van der Waals surface area contributed by atoms with Crippen LogP contribution in [0.3, 0.4) is 0 Å². The number of anilines is 1. The Bertz CT molecular complexity index is 1120. The Hall–Kier alpha value is -2.45. The number of primary amides is 1. The number of carbonyl (C=O) groups is 2. The van der Waals surface area contributed by atoms with E-state index in [2.05, 4.69) is 30.9 Å². The van der Waals surface area contributed by atoms with Gasteiger partial charge >= 0.3 is 0 Å². The Morgan fingerprint density at radius 1 is 1.30 bits per heavy atom. The average Bonchev–Trinajstić information content (AvgIpc) is 3.06. The van der Waals surface area contributed by atoms with Gasteiger partial charge in [0.2, 0.25) is 5.91 Å². The van der Waals surface area contributed by atoms with Gasteiger partial charge in [-0.1, -0.05) is 61.9 Å². The molecular formula is C25H30N4O2S2. The van der Waals surface area contributed by atoms with Crippen molar-refractivity contribution in [2.24, 2.45) is 11.7 Å². The predicted molar refractivity (Wildman–Crippen MR) is 140 cm³/mol. The van der Waals surface area contributed by atoms with Crippen LogP contribution in [0.2, 0.25) is 0 Å². The van der Waals surface area contributed by atoms with Crippen LogP contribution in [-0.2, 0) is 9.59 Å². The molecule has 2 saturated heterocycles. The molecule has 0 radical (unpaired) electrons. The quantitative estimate of drug-likeness (QED) is 0.352. The number of fused-ring (bicyclic) bond motifs is 1. The second kappa shape index (κ2) is 10.2. The third-order valence-corrected chi connectivity index (χ3v) is 7.78. The molecule has 1 aromatic heterocycles. The fourth-order valence-corrected chi connectivity index (χ4v) is 5.74. The Morgan fingerprint density at radius 2 is 2.06 bits per heavy atom. The molecule has 2 aromatic rings. The molecule has 0 aliphatic carbocycles. The zero-order valence-corrected chi connectivity index (χ0v) is 20.8. The smallest absolute Gasteiger partial charge is 0.266 e. The number of thioether (sulfide) groups is 1. The van der Waals surface area contributed by atoms with E-state index in [-0.39, 0.29) is 17.7 Å². The van der Waals surface area contributed by atoms with Crippen LogP contribution in [0.25, 0.3) is 17.0 Å². The van der Waals surface area contributed by atoms with Gasteiger partial charge in [-0.05, 0) is 43.9 Å². The number of nitrogens with two attached hydrogens (primary N) is 1. The average molecular weight is 483 g/mol. The van der Waals surface area contributed by atoms with E-state index in [1.54, 1.807) is 4.90 Å². The number of nitrogens with zero attached hydrogens (tertiary/aromatic N) is 3. The number of amides is 2. The highest BCUT2D eigenvalue weighted by Gasteiger charge is 2.32. The highest BCUT2D eigenvalue weighted by atomic mass is 32.2. The Balaban J connectivity index is 1.69. The molecule has 4 rings (SSSR count). The Labute approximate surface area is 204 Å². The molecule has 2 N–H and O–H groups in total. The fraction of sp³-hybridized carbons (Fsp3) is 0.440. The topological polar surface area (TPSA) is 79.5 Å². The number of pyridine rings is 1. The van der Waals surface area contributed by atoms with Crippen LogP contribution in [0.5, 0.6) is 0 Å². The monoisotopic (exact) mass is 482 g/mol. The number of rotatable bonds is 7. The molecule has 2 aliphatic heterocycles. The number of para-hydroxylation sites is 1. The summed E-state index contributed by atoms with van der Waals surface area (Å²) in [6, 6.07) is 8.23. The lowest BCUT2D eigenvalue weighted by Crippen LogP contribution is -2.39. The molecule has 0 saturated carbocycles. The van der Waals surface area contributed by atoms with Gasteiger partial charge in [0.05, 0.1) is 10.4 Å². The van der Waals surface area contributed by atoms with Crippen LogP contribution in [0, 0.1) is 12.8 Å². The zero-order valence-electron chi connectivity index (χ0n) is 19.2. The number of unbranched alkanes of at least 4 members (excludes halogenated alkanes) is 2. The number of piperidine rings is 1. The summed E-state index contributed by atoms with van der Waals surface area (Å²) in [5.41, 5.74) is 8.49. The molecule has 0 atom stereocenters. The van der Waals surface area contributed by atoms with E-state index in [9.17, 15) is 9.59 Å². The van der Waals surface area contributed by atoms with Crippen molar-refractivity contribution in [2.75, 3.05) is 24.5 Å². The van der Waals surface area contributed by atoms with E-state index in [1.165, 1.54) is 11.8 Å². The number of benzene rings is 1. The van der Waals surface area contributed by atoms with Crippen LogP contribution in [0.4, 0.5) is 5.82 Å². The van der Waals surface area contributed by atoms with E-state index in [0.29, 0.717) is 41.7 Å². The largest absolute Gasteiger partial charge is 0.369 e. The van der Waals surface area contributed by atoms with E-state index in [1.807, 2.05) is 18.2 Å². The van der Waals surface area contributed by atoms with Crippen molar-refractivity contribution in [3.63, 3.8) is 0 Å². The third-order valence-electron chi connectivity index (χ3n) is 6.40. The molecule has 6 nitrogen and oxygen atoms in total. The number of hydrogen-bond donors (Lipinski definition) is 1. The first-order valence-electron chi connectivity index (χ1n) is 11.6. The third kappa shape index (κ3) is 5.06. The molecule has 0 spiro atoms. The van der Waals surface area contributed by atoms with Crippen molar-refractivity contribution in [2.45, 2.75) is 46.0 Å². The van der Waals surface area contributed by atoms with Gasteiger partial charge in [0.1, 0.15) is 10.1 Å². The minimum absolute atomic E-state index is 0.0242. The molecular weight excluding hydrogens is 452 g/mol. The summed E-state index contributed by atoms with van der Waals surface area (Å²) in [6.07, 6.45) is 6.48. The first-order chi connectivity index (χ1) is 15.9. The first kappa shape index (κ1) is 23.7. The number of carbonyl (C=O) groups excluding carboxylic acids is 2. The number of aryl methyl sites for hydroxylation is 1. The summed E-state index contributed by atoms with van der Waals surface area (Å²) >= 11 is 6.87. The van der Waals surface area contributed by atoms with Crippen LogP contribution in [0.15, 0.2) is 29.2 Å². The molecule has 2 amide bonds. The molecule has 1 aromatic carbocycles. The van der Waals surface area contributed by atoms with Crippen LogP contribution in [-0.4, -0.2) is 45.7 Å². The lowest BCUT2D eigenvalue weighted by Gasteiger charge is -2.32. The van der Waals surface area contributed by atoms with Gasteiger partial charge in [-0.25, -0.2) is 4.98 Å². The highest BCUT2D eigenvalue weighted by Crippen LogP contribution is 2.36. The van der Waals surface area contributed by atoms with Crippen molar-refractivity contribution in [3.8, 4) is 0 Å². The number of hydrogen-bond acceptors (Lipinski definition) is 6. The van der Waals surface area contributed by atoms with E-state index < -0.39 is 0 Å². The fourth-order valence-electron chi connectivity index (χ4n) is 4.44. The van der Waals surface area contributed by atoms with E-state index >= 15 is 0 Å². The summed E-state index contributed by atoms with van der Waals surface area (Å²) in [5.74, 6) is 0.495. The zero-order chi connectivity index (χ0) is 23.5. The predicted octanol–water partition coefficient (Wildman–Crippen LogP) is 4.64. The molecule has 0 bridgehead atoms. The molecule has 2 fully saturated rings. The Morgan fingerprint density at radius 3 is 2.76 bits per heavy atom. The van der Waals surface area contributed by atoms with Crippen molar-refractivity contribution in [1.82, 2.24) is 9.88 Å². The van der Waals surface area contributed by atoms with Gasteiger partial charge in [0, 0.05) is 36.5 Å². The summed E-state index contributed by atoms with van der Waals surface area (Å²) in [6.45, 7) is 6.28. The summed E-state index contributed by atoms with van der Waals surface area (Å²) in [7, 11) is 0. The highest BCUT2D eigenvalue weighted by molar-refractivity contribution is 8.26. The maximum Gasteiger partial charge on any atom is 0.266 e. The summed E-state index contributed by atoms with van der Waals surface area (Å²) in [4.78, 5) is 34.3. The normalized spacial score (nSPS) is 18.7. The molecule has 2 aliphatic rings. The van der Waals surface area contributed by atoms with Gasteiger partial charge in [-0.3, -0.25) is 14.5 Å². The second-order valence-corrected chi connectivity index (χ2v) is 10.4. The van der Waals surface area contributed by atoms with Crippen LogP contribution < -0.4 is 10.6 Å². The first-order valence-corrected chi connectivity index (χ1v) is 12.8. The molecule has 174 valence electrons. The molecule has 8 heteroatoms. The van der Waals surface area contributed by atoms with Crippen molar-refractivity contribution >= 4 is 62.9 Å². The van der Waals surface area contributed by atoms with Crippen LogP contribution in [0.1, 0.15) is 50.2 Å². The number of thiocarbonyl (C=S) groups is 1. The minimum atomic E-state index is -0.232. The molecule has 3 heterocycles. The lowest BCUT2D eigenvalue weighted by molar-refractivity contribution is -0.123. The van der Waals surface area contributed by atoms with Crippen LogP contribution >= 0.6 is 24.0 Å². The lowest BCUT2D eigenvalue weighted by atomic mass is 9.96. The Kier molecular flexibility index (Phi) is 7.34. The molecule has 33 heavy (non-hydrogen) atoms. The van der Waals surface area contributed by atoms with Gasteiger partial charge < -0.3 is 10.6 Å². The van der Waals surface area contributed by atoms with Crippen molar-refractivity contribution < 1.29 is 9.59 Å². The number of aromatic nitrogens is 1. The molecule has 0 unspecified atom stereocenters. The van der Waals surface area contributed by atoms with Gasteiger partial charge in [-0.2, -0.15) is 0 Å². The summed E-state index contributed by atoms with van der Waals surface area (Å²) in [5, 5.41) is 1.04. The minimum Gasteiger partial charge on any atom is -0.369 e. The van der Waals surface area contributed by atoms with Crippen molar-refractivity contribution in [1.29, 1.82) is 0 Å². The SMILES string of the molecule is CCCCCN1C(=O)/C(=C/c2cc3cccc(C)c3nc2N2CCC(C(N)=O)CC2)SC1=S. The maximum absolute atomic E-state index is 13.1. The maximum atomic E-state index is 13.1. The van der Waals surface area contributed by atoms with Gasteiger partial charge in [0.15, 0.2) is 0 Å². The summed E-state index contributed by atoms with van der Waals surface area (Å²) < 4.78 is 0.621. The second-order valence-electron chi connectivity index (χ2n) is 8.75. The van der Waals surface area contributed by atoms with E-state index in [0.717, 1.165) is 47.1 Å². The van der Waals surface area contributed by atoms with Gasteiger partial charge in [-0.15, -0.1) is 0 Å². The van der Waals surface area contributed by atoms with E-state index in [4.69, 9.17) is 22.9 Å². The van der Waals surface area contributed by atoms with Gasteiger partial charge in [0.25, 0.3) is 5.91 Å². The van der Waals surface area contributed by atoms with Crippen molar-refractivity contribution in [3.05, 3.63) is 40.3 Å².